The third-order valence-electron chi connectivity index (χ3n) is 8.51. The minimum atomic E-state index is -0.697. The third-order valence-corrected chi connectivity index (χ3v) is 9.16. The maximum absolute atomic E-state index is 13.3. The molecule has 22 nitrogen and oxygen atoms in total. The Hall–Kier alpha value is -7.23. The third kappa shape index (κ3) is 39.7. The Morgan fingerprint density at radius 1 is 0.543 bits per heavy atom. The molecule has 0 aromatic heterocycles. The summed E-state index contributed by atoms with van der Waals surface area (Å²) in [5.74, 6) is -2.25. The summed E-state index contributed by atoms with van der Waals surface area (Å²) in [7, 11) is 0. The van der Waals surface area contributed by atoms with Crippen molar-refractivity contribution in [3.8, 4) is 0 Å². The van der Waals surface area contributed by atoms with Crippen molar-refractivity contribution in [3.63, 3.8) is 0 Å². The molecule has 0 unspecified atom stereocenters. The Balaban J connectivity index is -0.000000965. The predicted molar refractivity (Wildman–Crippen MR) is 304 cm³/mol. The van der Waals surface area contributed by atoms with E-state index in [2.05, 4.69) is 31.9 Å². The number of ether oxygens (including phenoxy) is 5. The van der Waals surface area contributed by atoms with E-state index in [1.807, 2.05) is 0 Å². The average Bonchev–Trinajstić information content (AvgIpc) is 3.26. The molecular weight excluding hydrogens is 1140 g/mol. The number of nitrogens with two attached hydrogens (primary N) is 1. The van der Waals surface area contributed by atoms with Crippen LogP contribution >= 0.6 is 15.9 Å². The molecule has 0 aliphatic heterocycles. The molecule has 0 spiro atoms. The first kappa shape index (κ1) is 78.0. The van der Waals surface area contributed by atoms with Gasteiger partial charge in [0, 0.05) is 29.2 Å². The van der Waals surface area contributed by atoms with E-state index in [0.29, 0.717) is 33.3 Å². The summed E-state index contributed by atoms with van der Waals surface area (Å²) in [6, 6.07) is 13.6. The number of benzene rings is 4. The number of aliphatic hydroxyl groups is 1. The summed E-state index contributed by atoms with van der Waals surface area (Å²) in [6.07, 6.45) is -1.55. The number of nitrogen functional groups attached to an aromatic ring is 1. The molecule has 27 heteroatoms. The maximum Gasteiger partial charge on any atom is 0.407 e. The minimum absolute atomic E-state index is 0. The molecule has 0 aliphatic carbocycles. The predicted octanol–water partition coefficient (Wildman–Crippen LogP) is 12.8. The van der Waals surface area contributed by atoms with Crippen LogP contribution in [0, 0.1) is 60.5 Å². The number of carbonyl (C=O) groups is 3. The molecule has 0 radical (unpaired) electrons. The maximum atomic E-state index is 13.3. The average molecular weight is 1220 g/mol. The van der Waals surface area contributed by atoms with E-state index in [0.717, 1.165) is 18.2 Å². The summed E-state index contributed by atoms with van der Waals surface area (Å²) < 4.78 is 77.5. The Labute approximate surface area is 479 Å². The van der Waals surface area contributed by atoms with Gasteiger partial charge in [-0.3, -0.25) is 30.3 Å². The van der Waals surface area contributed by atoms with Crippen LogP contribution in [0.3, 0.4) is 0 Å². The number of nitrogens with one attached hydrogen (secondary N) is 3. The van der Waals surface area contributed by atoms with Gasteiger partial charge in [0.2, 0.25) is 0 Å². The quantitative estimate of drug-likeness (QED) is 0.0174. The summed E-state index contributed by atoms with van der Waals surface area (Å²) >= 11 is 3.09. The van der Waals surface area contributed by atoms with Crippen LogP contribution in [-0.4, -0.2) is 92.9 Å². The number of rotatable bonds is 16. The lowest BCUT2D eigenvalue weighted by atomic mass is 10.2. The van der Waals surface area contributed by atoms with Crippen molar-refractivity contribution in [2.45, 2.75) is 158 Å². The summed E-state index contributed by atoms with van der Waals surface area (Å²) in [6.45, 7) is 23.4. The van der Waals surface area contributed by atoms with Gasteiger partial charge in [-0.1, -0.05) is 30.8 Å². The fourth-order valence-electron chi connectivity index (χ4n) is 5.58. The number of amides is 3. The number of halogens is 5. The fourth-order valence-corrected chi connectivity index (χ4v) is 5.91. The molecule has 0 heterocycles. The van der Waals surface area contributed by atoms with Crippen molar-refractivity contribution in [2.24, 2.45) is 0 Å². The highest BCUT2D eigenvalue weighted by Crippen LogP contribution is 2.20. The summed E-state index contributed by atoms with van der Waals surface area (Å²) in [5.41, 5.74) is 5.64. The van der Waals surface area contributed by atoms with Crippen LogP contribution in [0.5, 0.6) is 0 Å². The molecule has 0 saturated heterocycles. The highest BCUT2D eigenvalue weighted by Gasteiger charge is 2.20. The standard InChI is InChI=1S/C15H21FN2O5.C15H23FN2O3.C8H17NO3.C7H5BrFNO2.C7H6FNO2.2CH4/c1-10(17-14(19)23-15(2,3)4)8-22-9-11-5-12(16)7-13(6-11)18(20)21;1-10(18-14(19)21-15(2,3)4)8-20-9-11-5-12(16)7-13(17)6-11;1-6(5-10)9-7(11)12-8(2,3)4;8-4-5-1-6(9)3-7(2-5)10(11)12;1-5-2-6(8)4-7(3-5)9(10)11;;/h5-7,10H,8-9H2,1-4H3,(H,17,19);5-7,10H,8-9,17H2,1-4H3,(H,18,19);6,10H,5H2,1-4H3,(H,9,11);1-3H,4H2;2-4H,1H3;2*1H4/t2*10-;6-;;;;/m111..../s1. The second-order valence-electron chi connectivity index (χ2n) is 20.3. The van der Waals surface area contributed by atoms with Gasteiger partial charge in [0.05, 0.1) is 84.1 Å². The van der Waals surface area contributed by atoms with Gasteiger partial charge in [-0.05, 0) is 149 Å². The van der Waals surface area contributed by atoms with Gasteiger partial charge in [0.15, 0.2) is 0 Å². The number of hydrogen-bond donors (Lipinski definition) is 5. The van der Waals surface area contributed by atoms with Crippen LogP contribution in [0.1, 0.15) is 120 Å². The molecule has 456 valence electrons. The normalized spacial score (nSPS) is 11.7. The molecule has 4 aromatic carbocycles. The van der Waals surface area contributed by atoms with Crippen LogP contribution in [0.2, 0.25) is 0 Å². The number of hydrogen-bond acceptors (Lipinski definition) is 16. The first-order valence-corrected chi connectivity index (χ1v) is 25.1. The largest absolute Gasteiger partial charge is 0.444 e. The van der Waals surface area contributed by atoms with Crippen LogP contribution in [0.4, 0.5) is 54.7 Å². The number of aryl methyl sites for hydroxylation is 1. The fraction of sp³-hybridized carbons (Fsp3) is 0.500. The zero-order valence-corrected chi connectivity index (χ0v) is 48.0. The lowest BCUT2D eigenvalue weighted by molar-refractivity contribution is -0.385. The number of alkyl halides is 1. The molecule has 3 atom stereocenters. The highest BCUT2D eigenvalue weighted by atomic mass is 79.9. The van der Waals surface area contributed by atoms with Gasteiger partial charge in [0.25, 0.3) is 17.1 Å². The number of anilines is 1. The number of nitro groups is 3. The molecular formula is C54H80BrF4N7O15. The molecule has 0 bridgehead atoms. The van der Waals surface area contributed by atoms with Crippen molar-refractivity contribution in [1.29, 1.82) is 0 Å². The highest BCUT2D eigenvalue weighted by molar-refractivity contribution is 9.08. The minimum Gasteiger partial charge on any atom is -0.444 e. The summed E-state index contributed by atoms with van der Waals surface area (Å²) in [4.78, 5) is 63.2. The molecule has 6 N–H and O–H groups in total. The Kier molecular flexibility index (Phi) is 36.3. The molecule has 3 amide bonds. The Morgan fingerprint density at radius 3 is 1.17 bits per heavy atom. The van der Waals surface area contributed by atoms with Gasteiger partial charge in [0.1, 0.15) is 40.1 Å². The second kappa shape index (κ2) is 37.7. The van der Waals surface area contributed by atoms with E-state index in [1.165, 1.54) is 48.5 Å². The van der Waals surface area contributed by atoms with Crippen molar-refractivity contribution >= 4 is 57.0 Å². The van der Waals surface area contributed by atoms with Gasteiger partial charge in [-0.2, -0.15) is 0 Å². The number of aliphatic hydroxyl groups excluding tert-OH is 1. The Morgan fingerprint density at radius 2 is 0.852 bits per heavy atom. The molecule has 4 aromatic rings. The number of alkyl carbamates (subject to hydrolysis) is 3. The lowest BCUT2D eigenvalue weighted by Crippen LogP contribution is -2.39. The topological polar surface area (TPSA) is 309 Å². The molecule has 81 heavy (non-hydrogen) atoms. The SMILES string of the molecule is C.C.C[C@H](CO)NC(=O)OC(C)(C)C.C[C@H](COCc1cc(F)cc([N+](=O)[O-])c1)NC(=O)OC(C)(C)C.C[C@H](COCc1cc(N)cc(F)c1)NC(=O)OC(C)(C)C.Cc1cc(F)cc([N+](=O)[O-])c1.O=[N+]([O-])c1cc(F)cc(CBr)c1. The van der Waals surface area contributed by atoms with E-state index in [4.69, 9.17) is 34.5 Å². The van der Waals surface area contributed by atoms with E-state index in [9.17, 15) is 62.3 Å². The van der Waals surface area contributed by atoms with E-state index >= 15 is 0 Å². The molecule has 0 fully saturated rings. The number of nitrogens with zero attached hydrogens (tertiary/aromatic N) is 3. The van der Waals surface area contributed by atoms with Crippen LogP contribution in [0.25, 0.3) is 0 Å². The number of non-ortho nitro benzene ring substituents is 3. The molecule has 0 saturated carbocycles. The molecule has 0 aliphatic rings. The smallest absolute Gasteiger partial charge is 0.407 e. The van der Waals surface area contributed by atoms with Crippen molar-refractivity contribution in [2.75, 3.05) is 25.6 Å². The van der Waals surface area contributed by atoms with E-state index in [-0.39, 0.29) is 83.1 Å². The van der Waals surface area contributed by atoms with Crippen LogP contribution in [-0.2, 0) is 42.2 Å². The zero-order valence-electron chi connectivity index (χ0n) is 46.4. The number of carbonyl (C=O) groups excluding carboxylic acids is 3. The van der Waals surface area contributed by atoms with Crippen molar-refractivity contribution in [1.82, 2.24) is 16.0 Å². The van der Waals surface area contributed by atoms with Gasteiger partial charge in [-0.15, -0.1) is 0 Å². The van der Waals surface area contributed by atoms with Gasteiger partial charge >= 0.3 is 18.3 Å². The van der Waals surface area contributed by atoms with Crippen molar-refractivity contribution in [3.05, 3.63) is 149 Å². The van der Waals surface area contributed by atoms with Crippen LogP contribution < -0.4 is 21.7 Å². The van der Waals surface area contributed by atoms with Gasteiger partial charge in [-0.25, -0.2) is 31.9 Å². The first-order chi connectivity index (χ1) is 36.3. The zero-order chi connectivity index (χ0) is 61.0. The second-order valence-corrected chi connectivity index (χ2v) is 20.8. The van der Waals surface area contributed by atoms with E-state index < -0.39 is 73.1 Å². The Bertz CT molecular complexity index is 2580. The monoisotopic (exact) mass is 1220 g/mol. The van der Waals surface area contributed by atoms with Crippen LogP contribution in [0.15, 0.2) is 72.8 Å². The van der Waals surface area contributed by atoms with E-state index in [1.54, 1.807) is 96.1 Å². The summed E-state index contributed by atoms with van der Waals surface area (Å²) in [5, 5.41) is 47.8. The lowest BCUT2D eigenvalue weighted by Gasteiger charge is -2.22. The molecule has 4 rings (SSSR count). The van der Waals surface area contributed by atoms with Crippen molar-refractivity contribution < 1.29 is 75.5 Å². The first-order valence-electron chi connectivity index (χ1n) is 23.9. The van der Waals surface area contributed by atoms with Gasteiger partial charge < -0.3 is 50.5 Å². The number of nitro benzene ring substituents is 3.